The Kier molecular flexibility index (Phi) is 5.58. The van der Waals surface area contributed by atoms with Gasteiger partial charge in [0.15, 0.2) is 15.9 Å². The molecule has 1 aromatic carbocycles. The second-order valence-corrected chi connectivity index (χ2v) is 10.1. The van der Waals surface area contributed by atoms with E-state index in [0.717, 1.165) is 15.6 Å². The van der Waals surface area contributed by atoms with Crippen molar-refractivity contribution in [1.29, 1.82) is 0 Å². The van der Waals surface area contributed by atoms with E-state index in [9.17, 15) is 18.0 Å². The first-order valence-electron chi connectivity index (χ1n) is 8.93. The van der Waals surface area contributed by atoms with Crippen molar-refractivity contribution in [1.82, 2.24) is 4.90 Å². The molecule has 2 heterocycles. The molecule has 0 spiro atoms. The summed E-state index contributed by atoms with van der Waals surface area (Å²) in [6.45, 7) is 5.58. The number of carbonyl (C=O) groups excluding carboxylic acids is 2. The Bertz CT molecular complexity index is 979. The van der Waals surface area contributed by atoms with Gasteiger partial charge in [0, 0.05) is 17.3 Å². The van der Waals surface area contributed by atoms with Crippen LogP contribution in [0.15, 0.2) is 24.3 Å². The van der Waals surface area contributed by atoms with E-state index in [1.54, 1.807) is 6.92 Å². The second-order valence-electron chi connectivity index (χ2n) is 6.78. The number of ether oxygens (including phenoxy) is 1. The lowest BCUT2D eigenvalue weighted by Gasteiger charge is -2.29. The van der Waals surface area contributed by atoms with Gasteiger partial charge in [-0.2, -0.15) is 0 Å². The molecule has 6 nitrogen and oxygen atoms in total. The Labute approximate surface area is 163 Å². The molecule has 0 bridgehead atoms. The number of carbonyl (C=O) groups is 2. The first-order valence-corrected chi connectivity index (χ1v) is 11.6. The topological polar surface area (TPSA) is 80.8 Å². The number of sulfone groups is 1. The summed E-state index contributed by atoms with van der Waals surface area (Å²) in [5, 5.41) is 1.000. The number of thiophene rings is 1. The Morgan fingerprint density at radius 2 is 2.04 bits per heavy atom. The molecule has 3 rings (SSSR count). The van der Waals surface area contributed by atoms with Gasteiger partial charge in [0.25, 0.3) is 5.91 Å². The monoisotopic (exact) mass is 409 g/mol. The van der Waals surface area contributed by atoms with Crippen LogP contribution in [-0.2, 0) is 19.4 Å². The first-order chi connectivity index (χ1) is 12.7. The molecule has 1 fully saturated rings. The van der Waals surface area contributed by atoms with Crippen molar-refractivity contribution in [2.24, 2.45) is 0 Å². The van der Waals surface area contributed by atoms with Gasteiger partial charge >= 0.3 is 5.97 Å². The van der Waals surface area contributed by atoms with Gasteiger partial charge in [-0.1, -0.05) is 18.2 Å². The van der Waals surface area contributed by atoms with E-state index >= 15 is 0 Å². The van der Waals surface area contributed by atoms with Crippen LogP contribution < -0.4 is 0 Å². The highest BCUT2D eigenvalue weighted by Crippen LogP contribution is 2.31. The molecule has 8 heteroatoms. The summed E-state index contributed by atoms with van der Waals surface area (Å²) in [6.07, 6.45) is -0.539. The molecule has 2 atom stereocenters. The summed E-state index contributed by atoms with van der Waals surface area (Å²) in [4.78, 5) is 27.4. The van der Waals surface area contributed by atoms with Gasteiger partial charge in [-0.05, 0) is 44.2 Å². The molecule has 1 aliphatic heterocycles. The number of esters is 1. The molecule has 1 saturated heterocycles. The van der Waals surface area contributed by atoms with Gasteiger partial charge in [-0.25, -0.2) is 13.2 Å². The summed E-state index contributed by atoms with van der Waals surface area (Å²) in [6, 6.07) is 7.37. The van der Waals surface area contributed by atoms with Crippen molar-refractivity contribution >= 4 is 43.1 Å². The Morgan fingerprint density at radius 1 is 1.33 bits per heavy atom. The maximum absolute atomic E-state index is 12.8. The van der Waals surface area contributed by atoms with E-state index in [-0.39, 0.29) is 23.5 Å². The van der Waals surface area contributed by atoms with Crippen LogP contribution in [0.1, 0.15) is 35.5 Å². The fourth-order valence-corrected chi connectivity index (χ4v) is 6.31. The highest BCUT2D eigenvalue weighted by Gasteiger charge is 2.36. The standard InChI is InChI=1S/C19H23NO5S2/c1-4-20(14-9-10-27(23,24)11-14)18(21)13(3)25-19(22)17-12(2)15-7-5-6-8-16(15)26-17/h5-8,13-14H,4,9-11H2,1-3H3/t13-,14+/m0/s1. The Morgan fingerprint density at radius 3 is 2.63 bits per heavy atom. The molecule has 0 aliphatic carbocycles. The maximum Gasteiger partial charge on any atom is 0.349 e. The van der Waals surface area contributed by atoms with Crippen molar-refractivity contribution < 1.29 is 22.7 Å². The molecule has 1 amide bonds. The van der Waals surface area contributed by atoms with Crippen molar-refractivity contribution in [3.63, 3.8) is 0 Å². The number of fused-ring (bicyclic) bond motifs is 1. The van der Waals surface area contributed by atoms with Crippen LogP contribution in [-0.4, -0.2) is 55.4 Å². The minimum absolute atomic E-state index is 0.0251. The van der Waals surface area contributed by atoms with Crippen molar-refractivity contribution in [3.05, 3.63) is 34.7 Å². The van der Waals surface area contributed by atoms with Crippen LogP contribution >= 0.6 is 11.3 Å². The van der Waals surface area contributed by atoms with E-state index in [4.69, 9.17) is 4.74 Å². The van der Waals surface area contributed by atoms with E-state index in [1.165, 1.54) is 23.2 Å². The largest absolute Gasteiger partial charge is 0.448 e. The third kappa shape index (κ3) is 4.01. The molecule has 27 heavy (non-hydrogen) atoms. The molecule has 0 unspecified atom stereocenters. The number of rotatable bonds is 5. The van der Waals surface area contributed by atoms with E-state index in [0.29, 0.717) is 17.8 Å². The third-order valence-corrected chi connectivity index (χ3v) is 7.94. The van der Waals surface area contributed by atoms with Crippen LogP contribution in [0, 0.1) is 6.92 Å². The molecule has 0 saturated carbocycles. The molecule has 0 N–H and O–H groups in total. The number of nitrogens with zero attached hydrogens (tertiary/aromatic N) is 1. The lowest BCUT2D eigenvalue weighted by Crippen LogP contribution is -2.46. The molecule has 1 aromatic heterocycles. The number of amides is 1. The van der Waals surface area contributed by atoms with Gasteiger partial charge in [-0.15, -0.1) is 11.3 Å². The van der Waals surface area contributed by atoms with Crippen molar-refractivity contribution in [2.45, 2.75) is 39.3 Å². The zero-order valence-electron chi connectivity index (χ0n) is 15.6. The average molecular weight is 410 g/mol. The lowest BCUT2D eigenvalue weighted by atomic mass is 10.1. The van der Waals surface area contributed by atoms with Crippen molar-refractivity contribution in [3.8, 4) is 0 Å². The van der Waals surface area contributed by atoms with Gasteiger partial charge in [0.05, 0.1) is 11.5 Å². The average Bonchev–Trinajstić information content (AvgIpc) is 3.15. The minimum Gasteiger partial charge on any atom is -0.448 e. The van der Waals surface area contributed by atoms with Crippen LogP contribution in [0.3, 0.4) is 0 Å². The first kappa shape index (κ1) is 19.8. The lowest BCUT2D eigenvalue weighted by molar-refractivity contribution is -0.141. The fraction of sp³-hybridized carbons (Fsp3) is 0.474. The molecule has 0 radical (unpaired) electrons. The zero-order chi connectivity index (χ0) is 19.8. The summed E-state index contributed by atoms with van der Waals surface area (Å²) in [5.41, 5.74) is 0.842. The normalized spacial score (nSPS) is 19.7. The predicted molar refractivity (Wildman–Crippen MR) is 106 cm³/mol. The number of hydrogen-bond donors (Lipinski definition) is 0. The quantitative estimate of drug-likeness (QED) is 0.710. The number of hydrogen-bond acceptors (Lipinski definition) is 6. The maximum atomic E-state index is 12.8. The molecule has 1 aliphatic rings. The van der Waals surface area contributed by atoms with Crippen LogP contribution in [0.2, 0.25) is 0 Å². The van der Waals surface area contributed by atoms with E-state index < -0.39 is 21.9 Å². The van der Waals surface area contributed by atoms with E-state index in [2.05, 4.69) is 0 Å². The SMILES string of the molecule is CCN(C(=O)[C@H](C)OC(=O)c1sc2ccccc2c1C)[C@@H]1CCS(=O)(=O)C1. The molecule has 146 valence electrons. The second kappa shape index (κ2) is 7.59. The summed E-state index contributed by atoms with van der Waals surface area (Å²) >= 11 is 1.35. The number of aryl methyl sites for hydroxylation is 1. The highest BCUT2D eigenvalue weighted by molar-refractivity contribution is 7.91. The van der Waals surface area contributed by atoms with Crippen LogP contribution in [0.25, 0.3) is 10.1 Å². The van der Waals surface area contributed by atoms with Crippen molar-refractivity contribution in [2.75, 3.05) is 18.1 Å². The molecular formula is C19H23NO5S2. The predicted octanol–water partition coefficient (Wildman–Crippen LogP) is 2.79. The van der Waals surface area contributed by atoms with Gasteiger partial charge in [0.2, 0.25) is 0 Å². The molecule has 2 aromatic rings. The van der Waals surface area contributed by atoms with Gasteiger partial charge in [0.1, 0.15) is 4.88 Å². The zero-order valence-corrected chi connectivity index (χ0v) is 17.2. The third-order valence-electron chi connectivity index (χ3n) is 4.93. The Balaban J connectivity index is 1.73. The van der Waals surface area contributed by atoms with Gasteiger partial charge < -0.3 is 9.64 Å². The van der Waals surface area contributed by atoms with Gasteiger partial charge in [-0.3, -0.25) is 4.79 Å². The highest BCUT2D eigenvalue weighted by atomic mass is 32.2. The van der Waals surface area contributed by atoms with Crippen LogP contribution in [0.4, 0.5) is 0 Å². The number of likely N-dealkylation sites (N-methyl/N-ethyl adjacent to an activating group) is 1. The Hall–Kier alpha value is -1.93. The summed E-state index contributed by atoms with van der Waals surface area (Å²) in [7, 11) is -3.10. The smallest absolute Gasteiger partial charge is 0.349 e. The van der Waals surface area contributed by atoms with E-state index in [1.807, 2.05) is 31.2 Å². The molecular weight excluding hydrogens is 386 g/mol. The summed E-state index contributed by atoms with van der Waals surface area (Å²) < 4.78 is 29.9. The minimum atomic E-state index is -3.10. The van der Waals surface area contributed by atoms with Crippen LogP contribution in [0.5, 0.6) is 0 Å². The fourth-order valence-electron chi connectivity index (χ4n) is 3.48. The number of benzene rings is 1. The summed E-state index contributed by atoms with van der Waals surface area (Å²) in [5.74, 6) is -0.810.